The molecule has 0 amide bonds. The zero-order valence-corrected chi connectivity index (χ0v) is 21.6. The number of carbonyl (C=O) groups excluding carboxylic acids is 1. The van der Waals surface area contributed by atoms with Crippen molar-refractivity contribution in [2.24, 2.45) is 16.8 Å². The summed E-state index contributed by atoms with van der Waals surface area (Å²) in [5.74, 6) is 0.459. The van der Waals surface area contributed by atoms with Crippen molar-refractivity contribution >= 4 is 45.9 Å². The monoisotopic (exact) mass is 568 g/mol. The van der Waals surface area contributed by atoms with E-state index in [1.807, 2.05) is 24.8 Å². The van der Waals surface area contributed by atoms with Gasteiger partial charge in [0.05, 0.1) is 31.1 Å². The molecule has 1 fully saturated rings. The predicted octanol–water partition coefficient (Wildman–Crippen LogP) is 1.44. The molecule has 11 heteroatoms. The van der Waals surface area contributed by atoms with E-state index >= 15 is 0 Å². The topological polar surface area (TPSA) is 109 Å². The minimum Gasteiger partial charge on any atom is -0.469 e. The summed E-state index contributed by atoms with van der Waals surface area (Å²) in [5, 5.41) is 3.25. The highest BCUT2D eigenvalue weighted by molar-refractivity contribution is 14.0. The Morgan fingerprint density at radius 3 is 2.68 bits per heavy atom. The zero-order valence-electron chi connectivity index (χ0n) is 18.5. The Morgan fingerprint density at radius 2 is 2.03 bits per heavy atom. The summed E-state index contributed by atoms with van der Waals surface area (Å²) in [6, 6.07) is 6.71. The van der Waals surface area contributed by atoms with Gasteiger partial charge in [0.2, 0.25) is 10.0 Å². The minimum atomic E-state index is -3.60. The van der Waals surface area contributed by atoms with E-state index in [9.17, 15) is 13.2 Å². The molecule has 1 heterocycles. The zero-order chi connectivity index (χ0) is 22.1. The summed E-state index contributed by atoms with van der Waals surface area (Å²) in [5.41, 5.74) is 0.775. The molecule has 1 aromatic carbocycles. The Hall–Kier alpha value is -1.44. The summed E-state index contributed by atoms with van der Waals surface area (Å²) in [6.07, 6.45) is 0. The van der Waals surface area contributed by atoms with E-state index in [4.69, 9.17) is 9.47 Å². The molecule has 2 atom stereocenters. The lowest BCUT2D eigenvalue weighted by Crippen LogP contribution is -2.40. The Balaban J connectivity index is 0.00000480. The number of benzene rings is 1. The average Bonchev–Trinajstić information content (AvgIpc) is 3.12. The van der Waals surface area contributed by atoms with Crippen LogP contribution in [0.3, 0.4) is 0 Å². The standard InChI is InChI=1S/C20H32N4O5S.HI/c1-5-21-20(24-13-15(2)18(14-24)19(25)29-4)22-12-16-7-6-8-17(11-16)30(26,27)23-9-10-28-3;/h6-8,11,15,18,23H,5,9-10,12-14H2,1-4H3,(H,21,22);1H. The Morgan fingerprint density at radius 1 is 1.29 bits per heavy atom. The fourth-order valence-corrected chi connectivity index (χ4v) is 4.45. The van der Waals surface area contributed by atoms with E-state index in [0.717, 1.165) is 5.56 Å². The minimum absolute atomic E-state index is 0. The number of ether oxygens (including phenoxy) is 2. The Labute approximate surface area is 202 Å². The van der Waals surface area contributed by atoms with E-state index in [-0.39, 0.29) is 53.2 Å². The molecule has 2 unspecified atom stereocenters. The fourth-order valence-electron chi connectivity index (χ4n) is 3.36. The molecule has 1 saturated heterocycles. The number of esters is 1. The quantitative estimate of drug-likeness (QED) is 0.153. The van der Waals surface area contributed by atoms with Crippen LogP contribution < -0.4 is 10.0 Å². The number of nitrogens with zero attached hydrogens (tertiary/aromatic N) is 2. The predicted molar refractivity (Wildman–Crippen MR) is 130 cm³/mol. The first-order chi connectivity index (χ1) is 14.3. The van der Waals surface area contributed by atoms with E-state index in [1.165, 1.54) is 14.2 Å². The maximum absolute atomic E-state index is 12.4. The summed E-state index contributed by atoms with van der Waals surface area (Å²) in [7, 11) is -0.680. The second kappa shape index (κ2) is 13.2. The second-order valence-electron chi connectivity index (χ2n) is 7.22. The van der Waals surface area contributed by atoms with Crippen molar-refractivity contribution in [3.05, 3.63) is 29.8 Å². The SMILES string of the molecule is CCNC(=NCc1cccc(S(=O)(=O)NCCOC)c1)N1CC(C)C(C(=O)OC)C1.I. The number of methoxy groups -OCH3 is 2. The number of carbonyl (C=O) groups is 1. The molecule has 1 aliphatic heterocycles. The van der Waals surface area contributed by atoms with Gasteiger partial charge in [0.25, 0.3) is 0 Å². The van der Waals surface area contributed by atoms with Crippen LogP contribution in [0.5, 0.6) is 0 Å². The van der Waals surface area contributed by atoms with E-state index in [1.54, 1.807) is 18.2 Å². The number of likely N-dealkylation sites (tertiary alicyclic amines) is 1. The van der Waals surface area contributed by atoms with Crippen LogP contribution >= 0.6 is 24.0 Å². The highest BCUT2D eigenvalue weighted by atomic mass is 127. The Bertz CT molecular complexity index is 850. The van der Waals surface area contributed by atoms with E-state index in [0.29, 0.717) is 38.7 Å². The van der Waals surface area contributed by atoms with Gasteiger partial charge in [-0.3, -0.25) is 4.79 Å². The van der Waals surface area contributed by atoms with Crippen LogP contribution in [-0.4, -0.2) is 72.3 Å². The largest absolute Gasteiger partial charge is 0.469 e. The number of guanidine groups is 1. The lowest BCUT2D eigenvalue weighted by molar-refractivity contribution is -0.145. The van der Waals surface area contributed by atoms with E-state index in [2.05, 4.69) is 15.0 Å². The van der Waals surface area contributed by atoms with Gasteiger partial charge >= 0.3 is 5.97 Å². The van der Waals surface area contributed by atoms with Gasteiger partial charge in [0.1, 0.15) is 0 Å². The van der Waals surface area contributed by atoms with Crippen LogP contribution in [0.15, 0.2) is 34.2 Å². The molecule has 0 aromatic heterocycles. The highest BCUT2D eigenvalue weighted by Gasteiger charge is 2.36. The number of nitrogens with one attached hydrogen (secondary N) is 2. The van der Waals surface area contributed by atoms with Crippen molar-refractivity contribution in [3.63, 3.8) is 0 Å². The summed E-state index contributed by atoms with van der Waals surface area (Å²) in [4.78, 5) is 18.9. The van der Waals surface area contributed by atoms with Gasteiger partial charge in [0.15, 0.2) is 5.96 Å². The first-order valence-corrected chi connectivity index (χ1v) is 11.5. The molecule has 1 aliphatic rings. The van der Waals surface area contributed by atoms with Crippen LogP contribution in [0, 0.1) is 11.8 Å². The summed E-state index contributed by atoms with van der Waals surface area (Å²) < 4.78 is 37.1. The molecule has 31 heavy (non-hydrogen) atoms. The van der Waals surface area contributed by atoms with Crippen molar-refractivity contribution < 1.29 is 22.7 Å². The number of hydrogen-bond acceptors (Lipinski definition) is 6. The molecular weight excluding hydrogens is 535 g/mol. The van der Waals surface area contributed by atoms with Crippen molar-refractivity contribution in [1.82, 2.24) is 14.9 Å². The van der Waals surface area contributed by atoms with E-state index < -0.39 is 10.0 Å². The summed E-state index contributed by atoms with van der Waals surface area (Å²) in [6.45, 7) is 6.75. The van der Waals surface area contributed by atoms with Crippen LogP contribution in [0.1, 0.15) is 19.4 Å². The van der Waals surface area contributed by atoms with Gasteiger partial charge in [-0.15, -0.1) is 24.0 Å². The van der Waals surface area contributed by atoms with Gasteiger partial charge in [-0.2, -0.15) is 0 Å². The molecule has 0 saturated carbocycles. The third-order valence-electron chi connectivity index (χ3n) is 4.97. The van der Waals surface area contributed by atoms with Crippen molar-refractivity contribution in [3.8, 4) is 0 Å². The van der Waals surface area contributed by atoms with Crippen molar-refractivity contribution in [2.75, 3.05) is 47.0 Å². The maximum Gasteiger partial charge on any atom is 0.310 e. The lowest BCUT2D eigenvalue weighted by Gasteiger charge is -2.21. The molecule has 2 rings (SSSR count). The molecule has 176 valence electrons. The molecule has 0 spiro atoms. The number of halogens is 1. The van der Waals surface area contributed by atoms with Crippen LogP contribution in [0.25, 0.3) is 0 Å². The normalized spacial score (nSPS) is 19.1. The van der Waals surface area contributed by atoms with Crippen LogP contribution in [-0.2, 0) is 30.8 Å². The number of hydrogen-bond donors (Lipinski definition) is 2. The first-order valence-electron chi connectivity index (χ1n) is 10.0. The highest BCUT2D eigenvalue weighted by Crippen LogP contribution is 2.24. The van der Waals surface area contributed by atoms with Gasteiger partial charge < -0.3 is 19.7 Å². The number of sulfonamides is 1. The average molecular weight is 568 g/mol. The van der Waals surface area contributed by atoms with Gasteiger partial charge in [-0.25, -0.2) is 18.1 Å². The molecule has 0 bridgehead atoms. The third-order valence-corrected chi connectivity index (χ3v) is 6.43. The smallest absolute Gasteiger partial charge is 0.310 e. The third kappa shape index (κ3) is 7.88. The summed E-state index contributed by atoms with van der Waals surface area (Å²) >= 11 is 0. The molecule has 0 radical (unpaired) electrons. The number of aliphatic imine (C=N–C) groups is 1. The molecule has 2 N–H and O–H groups in total. The van der Waals surface area contributed by atoms with Gasteiger partial charge in [-0.1, -0.05) is 19.1 Å². The Kier molecular flexibility index (Phi) is 11.7. The van der Waals surface area contributed by atoms with Gasteiger partial charge in [0, 0.05) is 33.3 Å². The maximum atomic E-state index is 12.4. The molecule has 9 nitrogen and oxygen atoms in total. The van der Waals surface area contributed by atoms with Crippen molar-refractivity contribution in [2.45, 2.75) is 25.3 Å². The first kappa shape index (κ1) is 27.6. The van der Waals surface area contributed by atoms with Crippen LogP contribution in [0.2, 0.25) is 0 Å². The number of rotatable bonds is 9. The molecule has 0 aliphatic carbocycles. The lowest BCUT2D eigenvalue weighted by atomic mass is 9.99. The van der Waals surface area contributed by atoms with Crippen molar-refractivity contribution in [1.29, 1.82) is 0 Å². The molecular formula is C20H33IN4O5S. The van der Waals surface area contributed by atoms with Crippen LogP contribution in [0.4, 0.5) is 0 Å². The second-order valence-corrected chi connectivity index (χ2v) is 8.99. The van der Waals surface area contributed by atoms with Gasteiger partial charge in [-0.05, 0) is 30.5 Å². The molecule has 1 aromatic rings. The fraction of sp³-hybridized carbons (Fsp3) is 0.600.